The number of halogens is 2. The number of benzene rings is 1. The third kappa shape index (κ3) is 4.47. The van der Waals surface area contributed by atoms with Gasteiger partial charge in [-0.25, -0.2) is 4.39 Å². The van der Waals surface area contributed by atoms with Gasteiger partial charge in [0.1, 0.15) is 5.82 Å². The Labute approximate surface area is 110 Å². The van der Waals surface area contributed by atoms with Crippen molar-refractivity contribution in [3.05, 3.63) is 34.1 Å². The summed E-state index contributed by atoms with van der Waals surface area (Å²) in [5.41, 5.74) is 6.25. The molecular formula is C13H16BrFN2. The van der Waals surface area contributed by atoms with E-state index in [1.807, 2.05) is 0 Å². The van der Waals surface area contributed by atoms with Crippen LogP contribution in [0, 0.1) is 17.7 Å². The van der Waals surface area contributed by atoms with Gasteiger partial charge in [-0.2, -0.15) is 0 Å². The molecule has 0 saturated heterocycles. The van der Waals surface area contributed by atoms with E-state index in [-0.39, 0.29) is 11.9 Å². The molecule has 1 atom stereocenters. The van der Waals surface area contributed by atoms with Crippen LogP contribution in [-0.2, 0) is 0 Å². The molecule has 1 aromatic rings. The second-order valence-electron chi connectivity index (χ2n) is 3.59. The van der Waals surface area contributed by atoms with Crippen LogP contribution in [0.4, 0.5) is 4.39 Å². The zero-order valence-corrected chi connectivity index (χ0v) is 11.3. The predicted octanol–water partition coefficient (Wildman–Crippen LogP) is 2.59. The Bertz CT molecular complexity index is 423. The van der Waals surface area contributed by atoms with E-state index >= 15 is 0 Å². The maximum absolute atomic E-state index is 13.6. The molecule has 1 unspecified atom stereocenters. The van der Waals surface area contributed by atoms with Crippen LogP contribution < -0.4 is 11.1 Å². The first-order chi connectivity index (χ1) is 8.19. The minimum Gasteiger partial charge on any atom is -0.329 e. The summed E-state index contributed by atoms with van der Waals surface area (Å²) >= 11 is 3.33. The molecule has 17 heavy (non-hydrogen) atoms. The van der Waals surface area contributed by atoms with Crippen LogP contribution in [0.3, 0.4) is 0 Å². The van der Waals surface area contributed by atoms with Crippen molar-refractivity contribution in [1.29, 1.82) is 0 Å². The highest BCUT2D eigenvalue weighted by atomic mass is 79.9. The largest absolute Gasteiger partial charge is 0.329 e. The van der Waals surface area contributed by atoms with Crippen molar-refractivity contribution in [2.24, 2.45) is 5.73 Å². The normalized spacial score (nSPS) is 11.8. The second-order valence-corrected chi connectivity index (χ2v) is 4.50. The highest BCUT2D eigenvalue weighted by Gasteiger charge is 2.13. The zero-order valence-electron chi connectivity index (χ0n) is 9.76. The Morgan fingerprint density at radius 1 is 1.53 bits per heavy atom. The van der Waals surface area contributed by atoms with Crippen molar-refractivity contribution in [3.63, 3.8) is 0 Å². The molecule has 0 heterocycles. The maximum atomic E-state index is 13.6. The molecule has 0 spiro atoms. The summed E-state index contributed by atoms with van der Waals surface area (Å²) in [6.45, 7) is 2.86. The molecule has 1 aromatic carbocycles. The summed E-state index contributed by atoms with van der Waals surface area (Å²) < 4.78 is 14.5. The van der Waals surface area contributed by atoms with Gasteiger partial charge in [0.15, 0.2) is 0 Å². The summed E-state index contributed by atoms with van der Waals surface area (Å²) in [5.74, 6) is 5.53. The van der Waals surface area contributed by atoms with E-state index in [1.165, 1.54) is 6.07 Å². The van der Waals surface area contributed by atoms with Gasteiger partial charge in [0.05, 0.1) is 0 Å². The molecule has 4 heteroatoms. The minimum absolute atomic E-state index is 0.175. The van der Waals surface area contributed by atoms with Gasteiger partial charge < -0.3 is 11.1 Å². The first-order valence-electron chi connectivity index (χ1n) is 5.47. The standard InChI is InChI=1S/C13H16BrFN2/c1-2-3-4-7-17-13(9-16)11-8-10(14)5-6-12(11)15/h5-6,8,13,17H,4,7,9,16H2,1H3. The monoisotopic (exact) mass is 298 g/mol. The van der Waals surface area contributed by atoms with E-state index in [4.69, 9.17) is 5.73 Å². The van der Waals surface area contributed by atoms with Gasteiger partial charge in [0, 0.05) is 35.6 Å². The molecule has 0 aliphatic carbocycles. The molecule has 1 rings (SSSR count). The average Bonchev–Trinajstić information content (AvgIpc) is 2.33. The van der Waals surface area contributed by atoms with Crippen LogP contribution in [0.25, 0.3) is 0 Å². The SMILES string of the molecule is CC#CCCNC(CN)c1cc(Br)ccc1F. The van der Waals surface area contributed by atoms with Gasteiger partial charge in [0.25, 0.3) is 0 Å². The van der Waals surface area contributed by atoms with E-state index in [2.05, 4.69) is 33.1 Å². The lowest BCUT2D eigenvalue weighted by atomic mass is 10.1. The zero-order chi connectivity index (χ0) is 12.7. The van der Waals surface area contributed by atoms with E-state index in [1.54, 1.807) is 19.1 Å². The summed E-state index contributed by atoms with van der Waals surface area (Å²) in [6.07, 6.45) is 0.739. The van der Waals surface area contributed by atoms with Crippen LogP contribution in [0.5, 0.6) is 0 Å². The fourth-order valence-corrected chi connectivity index (χ4v) is 1.91. The molecule has 0 fully saturated rings. The number of rotatable bonds is 5. The summed E-state index contributed by atoms with van der Waals surface area (Å²) in [5, 5.41) is 3.20. The molecule has 0 aliphatic rings. The second kappa shape index (κ2) is 7.44. The molecule has 0 bridgehead atoms. The lowest BCUT2D eigenvalue weighted by molar-refractivity contribution is 0.512. The number of nitrogens with two attached hydrogens (primary N) is 1. The smallest absolute Gasteiger partial charge is 0.128 e. The number of hydrogen-bond acceptors (Lipinski definition) is 2. The van der Waals surface area contributed by atoms with Crippen LogP contribution in [0.2, 0.25) is 0 Å². The van der Waals surface area contributed by atoms with Gasteiger partial charge in [-0.3, -0.25) is 0 Å². The molecule has 0 amide bonds. The fourth-order valence-electron chi connectivity index (χ4n) is 1.54. The number of nitrogens with one attached hydrogen (secondary N) is 1. The van der Waals surface area contributed by atoms with Crippen LogP contribution in [0.1, 0.15) is 24.9 Å². The van der Waals surface area contributed by atoms with E-state index in [0.717, 1.165) is 10.9 Å². The van der Waals surface area contributed by atoms with Gasteiger partial charge in [-0.15, -0.1) is 11.8 Å². The number of hydrogen-bond donors (Lipinski definition) is 2. The van der Waals surface area contributed by atoms with Crippen LogP contribution >= 0.6 is 15.9 Å². The quantitative estimate of drug-likeness (QED) is 0.648. The Morgan fingerprint density at radius 2 is 2.29 bits per heavy atom. The van der Waals surface area contributed by atoms with E-state index in [9.17, 15) is 4.39 Å². The van der Waals surface area contributed by atoms with Crippen molar-refractivity contribution in [1.82, 2.24) is 5.32 Å². The first kappa shape index (κ1) is 14.2. The van der Waals surface area contributed by atoms with E-state index < -0.39 is 0 Å². The lowest BCUT2D eigenvalue weighted by Gasteiger charge is -2.17. The third-order valence-electron chi connectivity index (χ3n) is 2.39. The summed E-state index contributed by atoms with van der Waals surface area (Å²) in [7, 11) is 0. The third-order valence-corrected chi connectivity index (χ3v) is 2.88. The van der Waals surface area contributed by atoms with Crippen LogP contribution in [-0.4, -0.2) is 13.1 Å². The minimum atomic E-state index is -0.238. The molecule has 92 valence electrons. The lowest BCUT2D eigenvalue weighted by Crippen LogP contribution is -2.29. The van der Waals surface area contributed by atoms with Crippen LogP contribution in [0.15, 0.2) is 22.7 Å². The Hall–Kier alpha value is -0.890. The van der Waals surface area contributed by atoms with E-state index in [0.29, 0.717) is 18.7 Å². The fraction of sp³-hybridized carbons (Fsp3) is 0.385. The van der Waals surface area contributed by atoms with Crippen molar-refractivity contribution in [3.8, 4) is 11.8 Å². The molecular weight excluding hydrogens is 283 g/mol. The molecule has 0 aromatic heterocycles. The Morgan fingerprint density at radius 3 is 2.94 bits per heavy atom. The highest BCUT2D eigenvalue weighted by molar-refractivity contribution is 9.10. The maximum Gasteiger partial charge on any atom is 0.128 e. The highest BCUT2D eigenvalue weighted by Crippen LogP contribution is 2.21. The van der Waals surface area contributed by atoms with Crippen molar-refractivity contribution in [2.45, 2.75) is 19.4 Å². The predicted molar refractivity (Wildman–Crippen MR) is 72.0 cm³/mol. The molecule has 3 N–H and O–H groups in total. The Balaban J connectivity index is 2.70. The molecule has 0 aliphatic heterocycles. The summed E-state index contributed by atoms with van der Waals surface area (Å²) in [4.78, 5) is 0. The van der Waals surface area contributed by atoms with Crippen molar-refractivity contribution < 1.29 is 4.39 Å². The topological polar surface area (TPSA) is 38.0 Å². The Kier molecular flexibility index (Phi) is 6.20. The molecule has 0 saturated carbocycles. The molecule has 2 nitrogen and oxygen atoms in total. The van der Waals surface area contributed by atoms with Crippen molar-refractivity contribution >= 4 is 15.9 Å². The van der Waals surface area contributed by atoms with Gasteiger partial charge >= 0.3 is 0 Å². The van der Waals surface area contributed by atoms with Crippen molar-refractivity contribution in [2.75, 3.05) is 13.1 Å². The van der Waals surface area contributed by atoms with Gasteiger partial charge in [-0.1, -0.05) is 15.9 Å². The summed E-state index contributed by atoms with van der Waals surface area (Å²) in [6, 6.07) is 4.70. The van der Waals surface area contributed by atoms with Gasteiger partial charge in [-0.05, 0) is 25.1 Å². The molecule has 0 radical (unpaired) electrons. The first-order valence-corrected chi connectivity index (χ1v) is 6.26. The average molecular weight is 299 g/mol. The van der Waals surface area contributed by atoms with Gasteiger partial charge in [0.2, 0.25) is 0 Å².